The third-order valence-corrected chi connectivity index (χ3v) is 3.14. The van der Waals surface area contributed by atoms with Crippen LogP contribution in [-0.2, 0) is 19.1 Å². The van der Waals surface area contributed by atoms with E-state index >= 15 is 0 Å². The number of nitrogens with zero attached hydrogens (tertiary/aromatic N) is 1. The molecular weight excluding hydrogens is 316 g/mol. The molecule has 136 valence electrons. The summed E-state index contributed by atoms with van der Waals surface area (Å²) < 4.78 is 10.2. The third-order valence-electron chi connectivity index (χ3n) is 3.14. The van der Waals surface area contributed by atoms with Crippen LogP contribution in [0.2, 0.25) is 0 Å². The SMILES string of the molecule is CC[C@H](C)[C@@H](NC(=O)OC(C)(C)C)C(=O)O[C@H](CC#N)CC(=O)O. The number of ether oxygens (including phenoxy) is 2. The molecule has 0 rings (SSSR count). The lowest BCUT2D eigenvalue weighted by Gasteiger charge is -2.26. The molecule has 0 heterocycles. The van der Waals surface area contributed by atoms with Gasteiger partial charge in [-0.05, 0) is 26.7 Å². The maximum Gasteiger partial charge on any atom is 0.408 e. The van der Waals surface area contributed by atoms with Crippen LogP contribution < -0.4 is 5.32 Å². The molecule has 0 aromatic carbocycles. The van der Waals surface area contributed by atoms with Gasteiger partial charge in [0, 0.05) is 0 Å². The maximum absolute atomic E-state index is 12.3. The summed E-state index contributed by atoms with van der Waals surface area (Å²) in [7, 11) is 0. The first-order valence-electron chi connectivity index (χ1n) is 7.78. The van der Waals surface area contributed by atoms with Gasteiger partial charge in [0.05, 0.1) is 18.9 Å². The first-order valence-corrected chi connectivity index (χ1v) is 7.78. The normalized spacial score (nSPS) is 14.7. The lowest BCUT2D eigenvalue weighted by Crippen LogP contribution is -2.48. The van der Waals surface area contributed by atoms with Gasteiger partial charge in [-0.3, -0.25) is 4.79 Å². The Kier molecular flexibility index (Phi) is 8.82. The number of nitrogens with one attached hydrogen (secondary N) is 1. The molecule has 1 amide bonds. The number of esters is 1. The van der Waals surface area contributed by atoms with Crippen LogP contribution in [-0.4, -0.2) is 40.9 Å². The molecule has 0 aliphatic carbocycles. The van der Waals surface area contributed by atoms with Crippen molar-refractivity contribution in [3.05, 3.63) is 0 Å². The summed E-state index contributed by atoms with van der Waals surface area (Å²) in [4.78, 5) is 35.0. The van der Waals surface area contributed by atoms with E-state index in [1.54, 1.807) is 33.8 Å². The molecule has 0 spiro atoms. The topological polar surface area (TPSA) is 126 Å². The Balaban J connectivity index is 5.02. The zero-order chi connectivity index (χ0) is 18.9. The molecule has 0 radical (unpaired) electrons. The first-order chi connectivity index (χ1) is 11.0. The van der Waals surface area contributed by atoms with Gasteiger partial charge < -0.3 is 19.9 Å². The van der Waals surface area contributed by atoms with Crippen LogP contribution >= 0.6 is 0 Å². The van der Waals surface area contributed by atoms with E-state index in [2.05, 4.69) is 5.32 Å². The Morgan fingerprint density at radius 3 is 2.29 bits per heavy atom. The van der Waals surface area contributed by atoms with E-state index in [4.69, 9.17) is 19.8 Å². The number of alkyl carbamates (subject to hydrolysis) is 1. The number of carbonyl (C=O) groups excluding carboxylic acids is 2. The van der Waals surface area contributed by atoms with Gasteiger partial charge in [0.2, 0.25) is 0 Å². The van der Waals surface area contributed by atoms with E-state index in [1.807, 2.05) is 6.92 Å². The number of rotatable bonds is 8. The van der Waals surface area contributed by atoms with Crippen molar-refractivity contribution in [3.63, 3.8) is 0 Å². The number of carboxylic acids is 1. The van der Waals surface area contributed by atoms with E-state index in [0.29, 0.717) is 6.42 Å². The lowest BCUT2D eigenvalue weighted by atomic mass is 9.99. The second-order valence-corrected chi connectivity index (χ2v) is 6.53. The molecule has 0 aromatic rings. The van der Waals surface area contributed by atoms with E-state index in [0.717, 1.165) is 0 Å². The molecule has 0 aliphatic rings. The molecule has 24 heavy (non-hydrogen) atoms. The molecule has 0 aromatic heterocycles. The largest absolute Gasteiger partial charge is 0.481 e. The van der Waals surface area contributed by atoms with Crippen molar-refractivity contribution < 1.29 is 29.0 Å². The minimum Gasteiger partial charge on any atom is -0.481 e. The molecular formula is C16H26N2O6. The number of carboxylic acid groups (broad SMARTS) is 1. The number of hydrogen-bond acceptors (Lipinski definition) is 6. The average Bonchev–Trinajstić information content (AvgIpc) is 2.41. The van der Waals surface area contributed by atoms with Crippen molar-refractivity contribution >= 4 is 18.0 Å². The third kappa shape index (κ3) is 8.98. The van der Waals surface area contributed by atoms with Gasteiger partial charge in [0.15, 0.2) is 0 Å². The summed E-state index contributed by atoms with van der Waals surface area (Å²) in [5.41, 5.74) is -0.722. The van der Waals surface area contributed by atoms with E-state index in [9.17, 15) is 14.4 Å². The summed E-state index contributed by atoms with van der Waals surface area (Å²) in [5.74, 6) is -2.21. The Morgan fingerprint density at radius 1 is 1.29 bits per heavy atom. The Bertz CT molecular complexity index is 492. The van der Waals surface area contributed by atoms with Gasteiger partial charge in [-0.15, -0.1) is 0 Å². The van der Waals surface area contributed by atoms with Crippen LogP contribution in [0.1, 0.15) is 53.9 Å². The number of nitriles is 1. The molecule has 2 N–H and O–H groups in total. The molecule has 3 atom stereocenters. The second-order valence-electron chi connectivity index (χ2n) is 6.53. The predicted octanol–water partition coefficient (Wildman–Crippen LogP) is 2.23. The number of hydrogen-bond donors (Lipinski definition) is 2. The molecule has 0 unspecified atom stereocenters. The highest BCUT2D eigenvalue weighted by Gasteiger charge is 2.31. The van der Waals surface area contributed by atoms with Gasteiger partial charge in [0.25, 0.3) is 0 Å². The summed E-state index contributed by atoms with van der Waals surface area (Å²) in [5, 5.41) is 20.0. The minimum absolute atomic E-state index is 0.238. The molecule has 0 saturated carbocycles. The van der Waals surface area contributed by atoms with Gasteiger partial charge in [-0.2, -0.15) is 5.26 Å². The fourth-order valence-corrected chi connectivity index (χ4v) is 1.79. The van der Waals surface area contributed by atoms with Gasteiger partial charge >= 0.3 is 18.0 Å². The van der Waals surface area contributed by atoms with Crippen LogP contribution in [0.3, 0.4) is 0 Å². The van der Waals surface area contributed by atoms with Crippen molar-refractivity contribution in [2.75, 3.05) is 0 Å². The van der Waals surface area contributed by atoms with Crippen molar-refractivity contribution in [3.8, 4) is 6.07 Å². The summed E-state index contributed by atoms with van der Waals surface area (Å²) >= 11 is 0. The lowest BCUT2D eigenvalue weighted by molar-refractivity contribution is -0.156. The van der Waals surface area contributed by atoms with E-state index in [1.165, 1.54) is 0 Å². The zero-order valence-corrected chi connectivity index (χ0v) is 14.8. The number of aliphatic carboxylic acids is 1. The second kappa shape index (κ2) is 9.75. The van der Waals surface area contributed by atoms with Gasteiger partial charge in [0.1, 0.15) is 17.7 Å². The Morgan fingerprint density at radius 2 is 1.88 bits per heavy atom. The number of carbonyl (C=O) groups is 3. The summed E-state index contributed by atoms with van der Waals surface area (Å²) in [6, 6.07) is 0.794. The molecule has 0 fully saturated rings. The highest BCUT2D eigenvalue weighted by molar-refractivity contribution is 5.82. The van der Waals surface area contributed by atoms with Crippen LogP contribution in [0.4, 0.5) is 4.79 Å². The number of amides is 1. The molecule has 0 aliphatic heterocycles. The highest BCUT2D eigenvalue weighted by atomic mass is 16.6. The molecule has 0 saturated heterocycles. The van der Waals surface area contributed by atoms with E-state index in [-0.39, 0.29) is 12.3 Å². The maximum atomic E-state index is 12.3. The average molecular weight is 342 g/mol. The van der Waals surface area contributed by atoms with Crippen LogP contribution in [0.15, 0.2) is 0 Å². The highest BCUT2D eigenvalue weighted by Crippen LogP contribution is 2.14. The summed E-state index contributed by atoms with van der Waals surface area (Å²) in [6.07, 6.45) is -1.96. The molecule has 8 heteroatoms. The fourth-order valence-electron chi connectivity index (χ4n) is 1.79. The fraction of sp³-hybridized carbons (Fsp3) is 0.750. The van der Waals surface area contributed by atoms with Crippen molar-refractivity contribution in [1.82, 2.24) is 5.32 Å². The van der Waals surface area contributed by atoms with Crippen LogP contribution in [0, 0.1) is 17.2 Å². The first kappa shape index (κ1) is 21.7. The van der Waals surface area contributed by atoms with Crippen LogP contribution in [0.5, 0.6) is 0 Å². The minimum atomic E-state index is -1.18. The quantitative estimate of drug-likeness (QED) is 0.648. The standard InChI is InChI=1S/C16H26N2O6/c1-6-10(2)13(18-15(22)24-16(3,4)5)14(21)23-11(7-8-17)9-12(19)20/h10-11,13H,6-7,9H2,1-5H3,(H,18,22)(H,19,20)/t10-,11+,13+/m0/s1. The van der Waals surface area contributed by atoms with Crippen LogP contribution in [0.25, 0.3) is 0 Å². The molecule has 0 bridgehead atoms. The van der Waals surface area contributed by atoms with Crippen molar-refractivity contribution in [2.24, 2.45) is 5.92 Å². The van der Waals surface area contributed by atoms with E-state index < -0.39 is 42.2 Å². The van der Waals surface area contributed by atoms with Gasteiger partial charge in [-0.25, -0.2) is 9.59 Å². The molecule has 8 nitrogen and oxygen atoms in total. The smallest absolute Gasteiger partial charge is 0.408 e. The van der Waals surface area contributed by atoms with Crippen molar-refractivity contribution in [2.45, 2.75) is 71.6 Å². The van der Waals surface area contributed by atoms with Gasteiger partial charge in [-0.1, -0.05) is 20.3 Å². The zero-order valence-electron chi connectivity index (χ0n) is 14.8. The summed E-state index contributed by atoms with van der Waals surface area (Å²) in [6.45, 7) is 8.67. The Labute approximate surface area is 142 Å². The predicted molar refractivity (Wildman–Crippen MR) is 85.0 cm³/mol. The monoisotopic (exact) mass is 342 g/mol. The van der Waals surface area contributed by atoms with Crippen molar-refractivity contribution in [1.29, 1.82) is 5.26 Å². The Hall–Kier alpha value is -2.30.